The van der Waals surface area contributed by atoms with Gasteiger partial charge in [-0.15, -0.1) is 0 Å². The van der Waals surface area contributed by atoms with E-state index in [1.54, 1.807) is 0 Å². The Hall–Kier alpha value is -0.240. The number of halogens is 2. The molecule has 0 N–H and O–H groups in total. The van der Waals surface area contributed by atoms with Crippen LogP contribution in [-0.2, 0) is 6.54 Å². The predicted octanol–water partition coefficient (Wildman–Crippen LogP) is 4.62. The highest BCUT2D eigenvalue weighted by molar-refractivity contribution is 6.35. The fourth-order valence-corrected chi connectivity index (χ4v) is 2.09. The first-order chi connectivity index (χ1) is 7.67. The topological polar surface area (TPSA) is 3.24 Å². The lowest BCUT2D eigenvalue weighted by Gasteiger charge is -2.20. The Labute approximate surface area is 108 Å². The molecule has 16 heavy (non-hydrogen) atoms. The van der Waals surface area contributed by atoms with Gasteiger partial charge in [-0.2, -0.15) is 0 Å². The molecule has 1 aromatic rings. The van der Waals surface area contributed by atoms with Gasteiger partial charge in [-0.3, -0.25) is 4.90 Å². The van der Waals surface area contributed by atoms with Gasteiger partial charge in [-0.25, -0.2) is 0 Å². The third kappa shape index (κ3) is 4.32. The van der Waals surface area contributed by atoms with E-state index in [1.807, 2.05) is 18.2 Å². The number of benzene rings is 1. The molecule has 0 atom stereocenters. The standard InChI is InChI=1S/C13H19Cl2N/c1-3-5-8-16(4-2)10-11-6-7-12(14)9-13(11)15/h6-7,9H,3-5,8,10H2,1-2H3. The molecule has 0 amide bonds. The van der Waals surface area contributed by atoms with Crippen LogP contribution in [0.1, 0.15) is 32.3 Å². The maximum absolute atomic E-state index is 6.15. The normalized spacial score (nSPS) is 11.1. The summed E-state index contributed by atoms with van der Waals surface area (Å²) in [5, 5.41) is 1.47. The summed E-state index contributed by atoms with van der Waals surface area (Å²) in [5.41, 5.74) is 1.16. The van der Waals surface area contributed by atoms with Gasteiger partial charge in [0.15, 0.2) is 0 Å². The van der Waals surface area contributed by atoms with E-state index in [1.165, 1.54) is 12.8 Å². The van der Waals surface area contributed by atoms with E-state index in [9.17, 15) is 0 Å². The Morgan fingerprint density at radius 3 is 2.50 bits per heavy atom. The van der Waals surface area contributed by atoms with Gasteiger partial charge in [0.05, 0.1) is 0 Å². The third-order valence-electron chi connectivity index (χ3n) is 2.68. The maximum atomic E-state index is 6.15. The van der Waals surface area contributed by atoms with Crippen LogP contribution in [0.4, 0.5) is 0 Å². The van der Waals surface area contributed by atoms with Crippen LogP contribution in [-0.4, -0.2) is 18.0 Å². The summed E-state index contributed by atoms with van der Waals surface area (Å²) in [7, 11) is 0. The largest absolute Gasteiger partial charge is 0.299 e. The molecule has 0 unspecified atom stereocenters. The third-order valence-corrected chi connectivity index (χ3v) is 3.27. The molecular weight excluding hydrogens is 241 g/mol. The van der Waals surface area contributed by atoms with Gasteiger partial charge in [0, 0.05) is 16.6 Å². The molecule has 0 bridgehead atoms. The van der Waals surface area contributed by atoms with Crippen molar-refractivity contribution < 1.29 is 0 Å². The van der Waals surface area contributed by atoms with Gasteiger partial charge in [0.1, 0.15) is 0 Å². The fourth-order valence-electron chi connectivity index (χ4n) is 1.62. The lowest BCUT2D eigenvalue weighted by molar-refractivity contribution is 0.275. The lowest BCUT2D eigenvalue weighted by atomic mass is 10.2. The smallest absolute Gasteiger partial charge is 0.0465 e. The van der Waals surface area contributed by atoms with Crippen molar-refractivity contribution in [2.45, 2.75) is 33.2 Å². The molecule has 1 aromatic carbocycles. The predicted molar refractivity (Wildman–Crippen MR) is 72.3 cm³/mol. The van der Waals surface area contributed by atoms with E-state index >= 15 is 0 Å². The maximum Gasteiger partial charge on any atom is 0.0465 e. The zero-order valence-corrected chi connectivity index (χ0v) is 11.5. The zero-order valence-electron chi connectivity index (χ0n) is 9.97. The summed E-state index contributed by atoms with van der Waals surface area (Å²) in [4.78, 5) is 2.40. The molecule has 1 rings (SSSR count). The number of rotatable bonds is 6. The highest BCUT2D eigenvalue weighted by atomic mass is 35.5. The second-order valence-electron chi connectivity index (χ2n) is 3.96. The molecule has 0 aromatic heterocycles. The first kappa shape index (κ1) is 13.8. The summed E-state index contributed by atoms with van der Waals surface area (Å²) >= 11 is 12.0. The molecule has 3 heteroatoms. The van der Waals surface area contributed by atoms with E-state index in [4.69, 9.17) is 23.2 Å². The van der Waals surface area contributed by atoms with Gasteiger partial charge >= 0.3 is 0 Å². The monoisotopic (exact) mass is 259 g/mol. The van der Waals surface area contributed by atoms with Crippen molar-refractivity contribution in [3.05, 3.63) is 33.8 Å². The Morgan fingerprint density at radius 2 is 1.94 bits per heavy atom. The fraction of sp³-hybridized carbons (Fsp3) is 0.538. The van der Waals surface area contributed by atoms with Crippen molar-refractivity contribution in [3.8, 4) is 0 Å². The second kappa shape index (κ2) is 7.16. The minimum absolute atomic E-state index is 0.699. The van der Waals surface area contributed by atoms with E-state index in [0.29, 0.717) is 5.02 Å². The van der Waals surface area contributed by atoms with Crippen molar-refractivity contribution >= 4 is 23.2 Å². The summed E-state index contributed by atoms with van der Waals surface area (Å²) in [6, 6.07) is 5.72. The molecule has 0 heterocycles. The molecular formula is C13H19Cl2N. The summed E-state index contributed by atoms with van der Waals surface area (Å²) in [6.07, 6.45) is 2.46. The minimum Gasteiger partial charge on any atom is -0.299 e. The van der Waals surface area contributed by atoms with Crippen LogP contribution < -0.4 is 0 Å². The van der Waals surface area contributed by atoms with E-state index in [2.05, 4.69) is 18.7 Å². The van der Waals surface area contributed by atoms with Crippen LogP contribution in [0.3, 0.4) is 0 Å². The zero-order chi connectivity index (χ0) is 12.0. The SMILES string of the molecule is CCCCN(CC)Cc1ccc(Cl)cc1Cl. The average molecular weight is 260 g/mol. The number of hydrogen-bond acceptors (Lipinski definition) is 1. The Kier molecular flexibility index (Phi) is 6.18. The molecule has 0 fully saturated rings. The number of nitrogens with zero attached hydrogens (tertiary/aromatic N) is 1. The van der Waals surface area contributed by atoms with Crippen LogP contribution in [0, 0.1) is 0 Å². The van der Waals surface area contributed by atoms with Crippen molar-refractivity contribution in [2.75, 3.05) is 13.1 Å². The van der Waals surface area contributed by atoms with Gasteiger partial charge in [0.25, 0.3) is 0 Å². The average Bonchev–Trinajstić information content (AvgIpc) is 2.27. The molecule has 0 radical (unpaired) electrons. The molecule has 1 nitrogen and oxygen atoms in total. The van der Waals surface area contributed by atoms with E-state index in [0.717, 1.165) is 30.2 Å². The first-order valence-electron chi connectivity index (χ1n) is 5.83. The van der Waals surface area contributed by atoms with Crippen LogP contribution in [0.15, 0.2) is 18.2 Å². The molecule has 0 aliphatic carbocycles. The Morgan fingerprint density at radius 1 is 1.19 bits per heavy atom. The van der Waals surface area contributed by atoms with Gasteiger partial charge < -0.3 is 0 Å². The van der Waals surface area contributed by atoms with E-state index in [-0.39, 0.29) is 0 Å². The first-order valence-corrected chi connectivity index (χ1v) is 6.59. The Bertz CT molecular complexity index is 326. The molecule has 0 aliphatic rings. The summed E-state index contributed by atoms with van der Waals surface area (Å²) in [6.45, 7) is 7.49. The van der Waals surface area contributed by atoms with Crippen molar-refractivity contribution in [1.82, 2.24) is 4.90 Å². The number of unbranched alkanes of at least 4 members (excludes halogenated alkanes) is 1. The van der Waals surface area contributed by atoms with Crippen LogP contribution in [0.2, 0.25) is 10.0 Å². The minimum atomic E-state index is 0.699. The molecule has 0 spiro atoms. The van der Waals surface area contributed by atoms with Gasteiger partial charge in [0.2, 0.25) is 0 Å². The quantitative estimate of drug-likeness (QED) is 0.721. The van der Waals surface area contributed by atoms with E-state index < -0.39 is 0 Å². The summed E-state index contributed by atoms with van der Waals surface area (Å²) in [5.74, 6) is 0. The van der Waals surface area contributed by atoms with Crippen LogP contribution in [0.5, 0.6) is 0 Å². The molecule has 0 saturated carbocycles. The van der Waals surface area contributed by atoms with Crippen LogP contribution in [0.25, 0.3) is 0 Å². The molecule has 90 valence electrons. The number of hydrogen-bond donors (Lipinski definition) is 0. The highest BCUT2D eigenvalue weighted by Crippen LogP contribution is 2.22. The van der Waals surface area contributed by atoms with Gasteiger partial charge in [-0.05, 0) is 37.2 Å². The lowest BCUT2D eigenvalue weighted by Crippen LogP contribution is -2.24. The molecule has 0 aliphatic heterocycles. The highest BCUT2D eigenvalue weighted by Gasteiger charge is 2.06. The van der Waals surface area contributed by atoms with Crippen molar-refractivity contribution in [1.29, 1.82) is 0 Å². The van der Waals surface area contributed by atoms with Crippen LogP contribution >= 0.6 is 23.2 Å². The van der Waals surface area contributed by atoms with Crippen molar-refractivity contribution in [3.63, 3.8) is 0 Å². The summed E-state index contributed by atoms with van der Waals surface area (Å²) < 4.78 is 0. The van der Waals surface area contributed by atoms with Gasteiger partial charge in [-0.1, -0.05) is 49.5 Å². The second-order valence-corrected chi connectivity index (χ2v) is 4.80. The molecule has 0 saturated heterocycles. The van der Waals surface area contributed by atoms with Crippen molar-refractivity contribution in [2.24, 2.45) is 0 Å². The Balaban J connectivity index is 2.62.